The van der Waals surface area contributed by atoms with Gasteiger partial charge < -0.3 is 30.5 Å². The van der Waals surface area contributed by atoms with E-state index in [2.05, 4.69) is 41.4 Å². The average molecular weight is 830 g/mol. The Kier molecular flexibility index (Phi) is 11.1. The fourth-order valence-electron chi connectivity index (χ4n) is 9.01. The van der Waals surface area contributed by atoms with Gasteiger partial charge in [-0.15, -0.1) is 0 Å². The van der Waals surface area contributed by atoms with E-state index in [9.17, 15) is 23.6 Å². The lowest BCUT2D eigenvalue weighted by Gasteiger charge is -2.38. The number of nitrogens with zero attached hydrogens (tertiary/aromatic N) is 8. The van der Waals surface area contributed by atoms with Crippen molar-refractivity contribution in [1.29, 1.82) is 0 Å². The second-order valence-electron chi connectivity index (χ2n) is 16.1. The molecule has 16 nitrogen and oxygen atoms in total. The highest BCUT2D eigenvalue weighted by Gasteiger charge is 2.39. The Labute approximate surface area is 351 Å². The molecule has 316 valence electrons. The molecule has 17 heteroatoms. The second kappa shape index (κ2) is 16.9. The first kappa shape index (κ1) is 40.0. The van der Waals surface area contributed by atoms with Crippen LogP contribution in [0.15, 0.2) is 67.0 Å². The molecule has 5 aromatic rings. The highest BCUT2D eigenvalue weighted by molar-refractivity contribution is 6.06. The summed E-state index contributed by atoms with van der Waals surface area (Å²) in [6, 6.07) is 17.1. The van der Waals surface area contributed by atoms with Crippen LogP contribution in [0.1, 0.15) is 63.6 Å². The third-order valence-electron chi connectivity index (χ3n) is 12.5. The van der Waals surface area contributed by atoms with Crippen molar-refractivity contribution in [3.8, 4) is 17.0 Å². The van der Waals surface area contributed by atoms with Gasteiger partial charge in [-0.2, -0.15) is 5.10 Å². The van der Waals surface area contributed by atoms with Crippen molar-refractivity contribution < 1.29 is 28.3 Å². The molecule has 4 amide bonds. The number of halogens is 1. The third kappa shape index (κ3) is 8.10. The van der Waals surface area contributed by atoms with Crippen molar-refractivity contribution >= 4 is 46.2 Å². The number of methoxy groups -OCH3 is 1. The first-order valence-corrected chi connectivity index (χ1v) is 20.8. The smallest absolute Gasteiger partial charge is 0.255 e. The Hall–Kier alpha value is -6.46. The maximum absolute atomic E-state index is 13.8. The third-order valence-corrected chi connectivity index (χ3v) is 12.5. The number of benzene rings is 3. The number of ether oxygens (including phenoxy) is 1. The van der Waals surface area contributed by atoms with Gasteiger partial charge in [0.1, 0.15) is 35.4 Å². The molecule has 3 saturated heterocycles. The van der Waals surface area contributed by atoms with Crippen LogP contribution in [0.5, 0.6) is 5.75 Å². The fourth-order valence-corrected chi connectivity index (χ4v) is 9.01. The molecule has 0 spiro atoms. The highest BCUT2D eigenvalue weighted by Crippen LogP contribution is 2.35. The summed E-state index contributed by atoms with van der Waals surface area (Å²) in [6.45, 7) is 7.99. The van der Waals surface area contributed by atoms with Crippen LogP contribution in [-0.2, 0) is 22.7 Å². The van der Waals surface area contributed by atoms with Crippen LogP contribution in [-0.4, -0.2) is 124 Å². The monoisotopic (exact) mass is 829 g/mol. The lowest BCUT2D eigenvalue weighted by atomic mass is 10.0. The Morgan fingerprint density at radius 1 is 0.918 bits per heavy atom. The molecular formula is C44H48FN11O5. The molecule has 4 aliphatic heterocycles. The minimum atomic E-state index is -0.615. The number of nitrogens with one attached hydrogen (secondary N) is 2. The molecule has 0 aliphatic carbocycles. The number of fused-ring (bicyclic) bond motifs is 2. The van der Waals surface area contributed by atoms with Crippen LogP contribution >= 0.6 is 0 Å². The number of hydrogen-bond donors (Lipinski definition) is 3. The lowest BCUT2D eigenvalue weighted by molar-refractivity contribution is -0.136. The number of carbonyl (C=O) groups excluding carboxylic acids is 4. The number of piperazine rings is 1. The summed E-state index contributed by atoms with van der Waals surface area (Å²) in [5, 5.41) is 11.0. The number of rotatable bonds is 11. The van der Waals surface area contributed by atoms with Crippen molar-refractivity contribution in [3.05, 3.63) is 95.1 Å². The van der Waals surface area contributed by atoms with Gasteiger partial charge in [0, 0.05) is 88.7 Å². The molecule has 9 rings (SSSR count). The molecule has 0 radical (unpaired) electrons. The van der Waals surface area contributed by atoms with Crippen molar-refractivity contribution in [3.63, 3.8) is 0 Å². The van der Waals surface area contributed by atoms with Gasteiger partial charge in [-0.25, -0.2) is 19.0 Å². The zero-order chi connectivity index (χ0) is 42.2. The van der Waals surface area contributed by atoms with Crippen LogP contribution < -0.4 is 26.0 Å². The van der Waals surface area contributed by atoms with Gasteiger partial charge in [-0.05, 0) is 60.7 Å². The SMILES string of the molecule is COc1ccc(F)cc1C(=O)NCc1ccc(-c2nn(C3CCN(CCN4CCN(c5ccc6c(c5)C(=O)N(C5CCC(=O)NC5=O)C6)CC4)CC3)c3ncnc(N)c23)cc1. The minimum absolute atomic E-state index is 0.129. The van der Waals surface area contributed by atoms with Crippen molar-refractivity contribution in [2.75, 3.05) is 70.1 Å². The predicted molar refractivity (Wildman–Crippen MR) is 225 cm³/mol. The number of hydrogen-bond acceptors (Lipinski definition) is 12. The molecule has 3 fully saturated rings. The first-order chi connectivity index (χ1) is 29.6. The molecule has 1 unspecified atom stereocenters. The van der Waals surface area contributed by atoms with Gasteiger partial charge in [0.05, 0.1) is 24.1 Å². The second-order valence-corrected chi connectivity index (χ2v) is 16.1. The minimum Gasteiger partial charge on any atom is -0.496 e. The van der Waals surface area contributed by atoms with Gasteiger partial charge in [0.15, 0.2) is 5.65 Å². The van der Waals surface area contributed by atoms with Crippen LogP contribution in [0.2, 0.25) is 0 Å². The zero-order valence-electron chi connectivity index (χ0n) is 34.0. The number of likely N-dealkylation sites (tertiary alicyclic amines) is 1. The molecule has 1 atom stereocenters. The summed E-state index contributed by atoms with van der Waals surface area (Å²) < 4.78 is 21.1. The van der Waals surface area contributed by atoms with E-state index < -0.39 is 23.7 Å². The normalized spacial score (nSPS) is 19.0. The number of piperidine rings is 2. The molecule has 0 saturated carbocycles. The van der Waals surface area contributed by atoms with Crippen LogP contribution in [0, 0.1) is 5.82 Å². The molecular weight excluding hydrogens is 782 g/mol. The van der Waals surface area contributed by atoms with E-state index in [0.717, 1.165) is 93.6 Å². The standard InChI is InChI=1S/C44H48FN11O5/c1-61-36-10-7-30(45)22-34(36)42(58)47-24-27-2-4-28(5-3-27)39-38-40(46)48-26-49-41(38)56(51-39)31-12-14-52(15-13-31)16-17-53-18-20-54(21-19-53)32-8-6-29-25-55(44(60)33(29)23-32)35-9-11-37(57)50-43(35)59/h2-8,10,22-23,26,31,35H,9,11-21,24-25H2,1H3,(H,47,58)(H2,46,48,49)(H,50,57,59). The van der Waals surface area contributed by atoms with Gasteiger partial charge in [-0.3, -0.25) is 29.4 Å². The number of imide groups is 1. The molecule has 2 aromatic heterocycles. The summed E-state index contributed by atoms with van der Waals surface area (Å²) in [7, 11) is 1.44. The van der Waals surface area contributed by atoms with Gasteiger partial charge in [0.25, 0.3) is 11.8 Å². The van der Waals surface area contributed by atoms with Crippen LogP contribution in [0.3, 0.4) is 0 Å². The number of anilines is 2. The number of aromatic nitrogens is 4. The van der Waals surface area contributed by atoms with E-state index in [0.29, 0.717) is 46.8 Å². The van der Waals surface area contributed by atoms with Gasteiger partial charge >= 0.3 is 0 Å². The zero-order valence-corrected chi connectivity index (χ0v) is 34.0. The molecule has 3 aromatic carbocycles. The van der Waals surface area contributed by atoms with Crippen molar-refractivity contribution in [2.45, 2.75) is 50.9 Å². The maximum Gasteiger partial charge on any atom is 0.255 e. The van der Waals surface area contributed by atoms with Gasteiger partial charge in [0.2, 0.25) is 11.8 Å². The summed E-state index contributed by atoms with van der Waals surface area (Å²) >= 11 is 0. The summed E-state index contributed by atoms with van der Waals surface area (Å²) in [4.78, 5) is 68.2. The number of amides is 4. The van der Waals surface area contributed by atoms with E-state index in [1.54, 1.807) is 4.90 Å². The molecule has 6 heterocycles. The summed E-state index contributed by atoms with van der Waals surface area (Å²) in [5.74, 6) is -1.12. The Morgan fingerprint density at radius 3 is 2.41 bits per heavy atom. The van der Waals surface area contributed by atoms with Crippen molar-refractivity contribution in [2.24, 2.45) is 0 Å². The average Bonchev–Trinajstić information content (AvgIpc) is 3.83. The van der Waals surface area contributed by atoms with E-state index in [1.807, 2.05) is 41.1 Å². The topological polar surface area (TPSA) is 184 Å². The molecule has 4 N–H and O–H groups in total. The fraction of sp³-hybridized carbons (Fsp3) is 0.386. The van der Waals surface area contributed by atoms with Crippen LogP contribution in [0.4, 0.5) is 15.9 Å². The molecule has 61 heavy (non-hydrogen) atoms. The number of nitrogen functional groups attached to an aromatic ring is 1. The molecule has 0 bridgehead atoms. The largest absolute Gasteiger partial charge is 0.496 e. The Balaban J connectivity index is 0.769. The van der Waals surface area contributed by atoms with Crippen molar-refractivity contribution in [1.82, 2.24) is 45.1 Å². The van der Waals surface area contributed by atoms with E-state index in [4.69, 9.17) is 15.6 Å². The van der Waals surface area contributed by atoms with Gasteiger partial charge in [-0.1, -0.05) is 30.3 Å². The quantitative estimate of drug-likeness (QED) is 0.165. The maximum atomic E-state index is 13.8. The predicted octanol–water partition coefficient (Wildman–Crippen LogP) is 3.37. The summed E-state index contributed by atoms with van der Waals surface area (Å²) in [5.41, 5.74) is 12.3. The van der Waals surface area contributed by atoms with E-state index in [1.165, 1.54) is 25.6 Å². The lowest BCUT2D eigenvalue weighted by Crippen LogP contribution is -2.52. The van der Waals surface area contributed by atoms with Crippen LogP contribution in [0.25, 0.3) is 22.3 Å². The van der Waals surface area contributed by atoms with E-state index >= 15 is 0 Å². The Bertz CT molecular complexity index is 2500. The Morgan fingerprint density at radius 2 is 1.67 bits per heavy atom. The number of nitrogens with two attached hydrogens (primary N) is 1. The highest BCUT2D eigenvalue weighted by atomic mass is 19.1. The number of carbonyl (C=O) groups is 4. The first-order valence-electron chi connectivity index (χ1n) is 20.8. The molecule has 4 aliphatic rings. The van der Waals surface area contributed by atoms with E-state index in [-0.39, 0.29) is 36.4 Å². The summed E-state index contributed by atoms with van der Waals surface area (Å²) in [6.07, 6.45) is 3.91.